The van der Waals surface area contributed by atoms with E-state index in [0.717, 1.165) is 6.42 Å². The van der Waals surface area contributed by atoms with Gasteiger partial charge in [-0.25, -0.2) is 4.99 Å². The number of rotatable bonds is 3. The van der Waals surface area contributed by atoms with Crippen molar-refractivity contribution in [3.8, 4) is 0 Å². The molecule has 1 heteroatoms. The molecule has 0 saturated carbocycles. The van der Waals surface area contributed by atoms with Crippen LogP contribution in [0.25, 0.3) is 0 Å². The van der Waals surface area contributed by atoms with Gasteiger partial charge in [-0.15, -0.1) is 0 Å². The highest BCUT2D eigenvalue weighted by molar-refractivity contribution is 5.46. The Morgan fingerprint density at radius 2 is 2.38 bits per heavy atom. The summed E-state index contributed by atoms with van der Waals surface area (Å²) in [7, 11) is 0. The van der Waals surface area contributed by atoms with Gasteiger partial charge < -0.3 is 0 Å². The molecule has 0 aliphatic carbocycles. The number of hydrogen-bond donors (Lipinski definition) is 0. The lowest BCUT2D eigenvalue weighted by atomic mass is 10.2. The van der Waals surface area contributed by atoms with E-state index in [2.05, 4.69) is 31.3 Å². The Bertz CT molecular complexity index is 90.6. The maximum atomic E-state index is 3.95. The van der Waals surface area contributed by atoms with Crippen molar-refractivity contribution in [2.75, 3.05) is 0 Å². The van der Waals surface area contributed by atoms with Crippen molar-refractivity contribution in [2.45, 2.75) is 32.7 Å². The summed E-state index contributed by atoms with van der Waals surface area (Å²) in [5, 5.41) is 0. The van der Waals surface area contributed by atoms with Crippen molar-refractivity contribution in [1.82, 2.24) is 0 Å². The maximum Gasteiger partial charge on any atom is 0.0565 e. The second-order valence-electron chi connectivity index (χ2n) is 1.92. The molecule has 8 heavy (non-hydrogen) atoms. The van der Waals surface area contributed by atoms with Gasteiger partial charge in [-0.2, -0.15) is 0 Å². The molecule has 0 aromatic carbocycles. The molecule has 0 fully saturated rings. The van der Waals surface area contributed by atoms with Crippen LogP contribution in [0.4, 0.5) is 0 Å². The van der Waals surface area contributed by atoms with E-state index in [1.807, 2.05) is 0 Å². The monoisotopic (exact) mass is 111 g/mol. The van der Waals surface area contributed by atoms with Gasteiger partial charge in [0.25, 0.3) is 0 Å². The van der Waals surface area contributed by atoms with Crippen molar-refractivity contribution in [1.29, 1.82) is 0 Å². The molecule has 0 aliphatic heterocycles. The molecule has 1 nitrogen and oxygen atoms in total. The Kier molecular flexibility index (Phi) is 4.29. The highest BCUT2D eigenvalue weighted by atomic mass is 14.7. The van der Waals surface area contributed by atoms with Gasteiger partial charge in [-0.05, 0) is 25.8 Å². The van der Waals surface area contributed by atoms with Crippen LogP contribution in [0.3, 0.4) is 0 Å². The van der Waals surface area contributed by atoms with E-state index in [9.17, 15) is 0 Å². The summed E-state index contributed by atoms with van der Waals surface area (Å²) >= 11 is 0. The van der Waals surface area contributed by atoms with Crippen molar-refractivity contribution in [3.63, 3.8) is 0 Å². The van der Waals surface area contributed by atoms with Crippen LogP contribution in [0.5, 0.6) is 0 Å². The molecule has 0 aromatic rings. The first-order chi connectivity index (χ1) is 3.81. The van der Waals surface area contributed by atoms with Crippen molar-refractivity contribution in [3.05, 3.63) is 6.58 Å². The molecule has 0 radical (unpaired) electrons. The molecule has 0 bridgehead atoms. The van der Waals surface area contributed by atoms with Crippen molar-refractivity contribution in [2.24, 2.45) is 4.99 Å². The third-order valence-electron chi connectivity index (χ3n) is 1.02. The van der Waals surface area contributed by atoms with E-state index in [0.29, 0.717) is 6.04 Å². The molecule has 0 N–H and O–H groups in total. The first-order valence-electron chi connectivity index (χ1n) is 3.03. The quantitative estimate of drug-likeness (QED) is 0.494. The van der Waals surface area contributed by atoms with Gasteiger partial charge in [0, 0.05) is 0 Å². The first kappa shape index (κ1) is 7.45. The number of aliphatic imine (C=N–C) groups is 1. The van der Waals surface area contributed by atoms with Gasteiger partial charge >= 0.3 is 0 Å². The summed E-state index contributed by atoms with van der Waals surface area (Å²) in [5.74, 6) is 2.53. The topological polar surface area (TPSA) is 12.4 Å². The summed E-state index contributed by atoms with van der Waals surface area (Å²) < 4.78 is 0. The summed E-state index contributed by atoms with van der Waals surface area (Å²) in [6, 6.07) is 0.414. The fourth-order valence-corrected chi connectivity index (χ4v) is 0.638. The Morgan fingerprint density at radius 3 is 2.75 bits per heavy atom. The van der Waals surface area contributed by atoms with Crippen LogP contribution in [0.15, 0.2) is 11.6 Å². The molecule has 46 valence electrons. The standard InChI is InChI=1S/C7H13N/c1-4-6-7(3)8-5-2/h7H,2,4,6H2,1,3H3. The number of hydrogen-bond acceptors (Lipinski definition) is 1. The van der Waals surface area contributed by atoms with Gasteiger partial charge in [0.1, 0.15) is 0 Å². The highest BCUT2D eigenvalue weighted by Crippen LogP contribution is 1.97. The lowest BCUT2D eigenvalue weighted by Gasteiger charge is -1.97. The van der Waals surface area contributed by atoms with E-state index in [-0.39, 0.29) is 0 Å². The molecule has 0 rings (SSSR count). The van der Waals surface area contributed by atoms with Crippen LogP contribution in [0.2, 0.25) is 0 Å². The summed E-state index contributed by atoms with van der Waals surface area (Å²) in [6.07, 6.45) is 2.33. The summed E-state index contributed by atoms with van der Waals surface area (Å²) in [4.78, 5) is 3.95. The highest BCUT2D eigenvalue weighted by Gasteiger charge is 1.91. The predicted molar refractivity (Wildman–Crippen MR) is 37.4 cm³/mol. The average molecular weight is 111 g/mol. The molecule has 0 saturated heterocycles. The smallest absolute Gasteiger partial charge is 0.0565 e. The van der Waals surface area contributed by atoms with Crippen LogP contribution in [-0.4, -0.2) is 11.9 Å². The maximum absolute atomic E-state index is 3.95. The zero-order chi connectivity index (χ0) is 6.41. The fourth-order valence-electron chi connectivity index (χ4n) is 0.638. The van der Waals surface area contributed by atoms with Gasteiger partial charge in [0.05, 0.1) is 6.04 Å². The number of nitrogens with zero attached hydrogens (tertiary/aromatic N) is 1. The van der Waals surface area contributed by atoms with Crippen LogP contribution in [0.1, 0.15) is 26.7 Å². The summed E-state index contributed by atoms with van der Waals surface area (Å²) in [5.41, 5.74) is 0. The predicted octanol–water partition coefficient (Wildman–Crippen LogP) is 2.03. The lowest BCUT2D eigenvalue weighted by molar-refractivity contribution is 0.658. The molecule has 0 aromatic heterocycles. The van der Waals surface area contributed by atoms with E-state index >= 15 is 0 Å². The molecule has 0 spiro atoms. The van der Waals surface area contributed by atoms with Crippen LogP contribution in [-0.2, 0) is 0 Å². The normalized spacial score (nSPS) is 12.2. The Labute approximate surface area is 51.1 Å². The second kappa shape index (κ2) is 4.61. The zero-order valence-electron chi connectivity index (χ0n) is 5.65. The molecule has 0 amide bonds. The van der Waals surface area contributed by atoms with Crippen LogP contribution < -0.4 is 0 Å². The van der Waals surface area contributed by atoms with Crippen LogP contribution >= 0.6 is 0 Å². The minimum Gasteiger partial charge on any atom is -0.241 e. The van der Waals surface area contributed by atoms with E-state index < -0.39 is 0 Å². The SMILES string of the molecule is C=C=NC(C)CCC. The third-order valence-corrected chi connectivity index (χ3v) is 1.02. The minimum absolute atomic E-state index is 0.414. The largest absolute Gasteiger partial charge is 0.241 e. The minimum atomic E-state index is 0.414. The summed E-state index contributed by atoms with van der Waals surface area (Å²) in [6.45, 7) is 7.61. The van der Waals surface area contributed by atoms with E-state index in [4.69, 9.17) is 0 Å². The Morgan fingerprint density at radius 1 is 1.75 bits per heavy atom. The van der Waals surface area contributed by atoms with Gasteiger partial charge in [-0.3, -0.25) is 0 Å². The average Bonchev–Trinajstić information content (AvgIpc) is 1.68. The Balaban J connectivity index is 3.31. The van der Waals surface area contributed by atoms with Gasteiger partial charge in [0.2, 0.25) is 0 Å². The van der Waals surface area contributed by atoms with E-state index in [1.165, 1.54) is 6.42 Å². The molecule has 1 atom stereocenters. The second-order valence-corrected chi connectivity index (χ2v) is 1.92. The van der Waals surface area contributed by atoms with Crippen molar-refractivity contribution >= 4 is 5.87 Å². The van der Waals surface area contributed by atoms with E-state index in [1.54, 1.807) is 0 Å². The first-order valence-corrected chi connectivity index (χ1v) is 3.03. The molecule has 0 aliphatic rings. The van der Waals surface area contributed by atoms with Gasteiger partial charge in [0.15, 0.2) is 0 Å². The van der Waals surface area contributed by atoms with Crippen molar-refractivity contribution < 1.29 is 0 Å². The molecule has 1 unspecified atom stereocenters. The van der Waals surface area contributed by atoms with Gasteiger partial charge in [-0.1, -0.05) is 13.3 Å². The van der Waals surface area contributed by atoms with Crippen LogP contribution in [0, 0.1) is 0 Å². The molecular formula is C7H13N. The Hall–Kier alpha value is -0.550. The molecular weight excluding hydrogens is 98.1 g/mol. The lowest BCUT2D eigenvalue weighted by Crippen LogP contribution is -1.94. The molecule has 0 heterocycles. The third kappa shape index (κ3) is 3.63. The fraction of sp³-hybridized carbons (Fsp3) is 0.714. The zero-order valence-corrected chi connectivity index (χ0v) is 5.65.